The van der Waals surface area contributed by atoms with E-state index in [-0.39, 0.29) is 0 Å². The molecule has 1 N–H and O–H groups in total. The van der Waals surface area contributed by atoms with Crippen molar-refractivity contribution in [3.63, 3.8) is 0 Å². The molecule has 1 aromatic carbocycles. The number of aliphatic hydroxyl groups is 1. The lowest BCUT2D eigenvalue weighted by atomic mass is 9.95. The van der Waals surface area contributed by atoms with E-state index in [9.17, 15) is 5.11 Å². The Balaban J connectivity index is 3.13. The van der Waals surface area contributed by atoms with E-state index < -0.39 is 5.60 Å². The zero-order valence-electron chi connectivity index (χ0n) is 8.04. The average Bonchev–Trinajstić information content (AvgIpc) is 2.04. The van der Waals surface area contributed by atoms with Gasteiger partial charge < -0.3 is 5.11 Å². The van der Waals surface area contributed by atoms with Crippen LogP contribution >= 0.6 is 0 Å². The molecule has 0 aliphatic rings. The molecule has 0 saturated heterocycles. The van der Waals surface area contributed by atoms with Gasteiger partial charge >= 0.3 is 0 Å². The second-order valence-electron chi connectivity index (χ2n) is 3.37. The molecule has 13 heavy (non-hydrogen) atoms. The summed E-state index contributed by atoms with van der Waals surface area (Å²) in [5.74, 6) is 0. The molecule has 0 radical (unpaired) electrons. The number of hydrogen-bond donors (Lipinski definition) is 1. The van der Waals surface area contributed by atoms with E-state index >= 15 is 0 Å². The van der Waals surface area contributed by atoms with Crippen LogP contribution in [0.4, 0.5) is 0 Å². The van der Waals surface area contributed by atoms with Crippen molar-refractivity contribution >= 4 is 0 Å². The average molecular weight is 174 g/mol. The SMILES string of the molecule is C=C=CC(C)(O)c1cccc(C)c1. The third-order valence-electron chi connectivity index (χ3n) is 1.99. The Kier molecular flexibility index (Phi) is 2.72. The van der Waals surface area contributed by atoms with Gasteiger partial charge in [0.05, 0.1) is 0 Å². The number of rotatable bonds is 2. The Labute approximate surface area is 79.0 Å². The second kappa shape index (κ2) is 3.61. The summed E-state index contributed by atoms with van der Waals surface area (Å²) in [4.78, 5) is 0. The maximum absolute atomic E-state index is 9.95. The first kappa shape index (κ1) is 9.79. The lowest BCUT2D eigenvalue weighted by Crippen LogP contribution is -2.17. The van der Waals surface area contributed by atoms with E-state index in [1.54, 1.807) is 13.0 Å². The van der Waals surface area contributed by atoms with Gasteiger partial charge in [0, 0.05) is 0 Å². The molecule has 0 saturated carbocycles. The summed E-state index contributed by atoms with van der Waals surface area (Å²) < 4.78 is 0. The largest absolute Gasteiger partial charge is 0.381 e. The van der Waals surface area contributed by atoms with Gasteiger partial charge in [-0.05, 0) is 25.5 Å². The van der Waals surface area contributed by atoms with Gasteiger partial charge in [0.1, 0.15) is 5.60 Å². The molecular weight excluding hydrogens is 160 g/mol. The minimum Gasteiger partial charge on any atom is -0.381 e. The molecule has 0 fully saturated rings. The van der Waals surface area contributed by atoms with Gasteiger partial charge in [-0.15, -0.1) is 5.73 Å². The predicted molar refractivity (Wildman–Crippen MR) is 54.5 cm³/mol. The third kappa shape index (κ3) is 2.32. The van der Waals surface area contributed by atoms with Crippen LogP contribution in [0.2, 0.25) is 0 Å². The van der Waals surface area contributed by atoms with E-state index in [2.05, 4.69) is 12.3 Å². The van der Waals surface area contributed by atoms with Crippen LogP contribution in [0.5, 0.6) is 0 Å². The van der Waals surface area contributed by atoms with E-state index in [0.29, 0.717) is 0 Å². The van der Waals surface area contributed by atoms with Crippen LogP contribution < -0.4 is 0 Å². The van der Waals surface area contributed by atoms with Crippen LogP contribution in [-0.2, 0) is 5.60 Å². The van der Waals surface area contributed by atoms with E-state index in [1.165, 1.54) is 0 Å². The van der Waals surface area contributed by atoms with Crippen LogP contribution in [0.15, 0.2) is 42.7 Å². The summed E-state index contributed by atoms with van der Waals surface area (Å²) in [5.41, 5.74) is 3.64. The Morgan fingerprint density at radius 2 is 2.23 bits per heavy atom. The summed E-state index contributed by atoms with van der Waals surface area (Å²) in [6.45, 7) is 7.17. The van der Waals surface area contributed by atoms with Crippen LogP contribution in [0.3, 0.4) is 0 Å². The van der Waals surface area contributed by atoms with Crippen molar-refractivity contribution in [2.75, 3.05) is 0 Å². The van der Waals surface area contributed by atoms with Gasteiger partial charge in [-0.2, -0.15) is 0 Å². The van der Waals surface area contributed by atoms with Crippen LogP contribution in [-0.4, -0.2) is 5.11 Å². The van der Waals surface area contributed by atoms with Gasteiger partial charge in [0.2, 0.25) is 0 Å². The summed E-state index contributed by atoms with van der Waals surface area (Å²) in [7, 11) is 0. The third-order valence-corrected chi connectivity index (χ3v) is 1.99. The molecule has 1 rings (SSSR count). The molecule has 1 heteroatoms. The standard InChI is InChI=1S/C12H14O/c1-4-8-12(3,13)11-7-5-6-10(2)9-11/h5-9,13H,1H2,2-3H3. The fourth-order valence-electron chi connectivity index (χ4n) is 1.24. The monoisotopic (exact) mass is 174 g/mol. The minimum absolute atomic E-state index is 0.864. The number of benzene rings is 1. The molecule has 68 valence electrons. The number of aryl methyl sites for hydroxylation is 1. The topological polar surface area (TPSA) is 20.2 Å². The molecular formula is C12H14O. The van der Waals surface area contributed by atoms with Crippen molar-refractivity contribution in [1.29, 1.82) is 0 Å². The van der Waals surface area contributed by atoms with E-state index in [0.717, 1.165) is 11.1 Å². The lowest BCUT2D eigenvalue weighted by Gasteiger charge is -2.18. The molecule has 1 atom stereocenters. The summed E-state index contributed by atoms with van der Waals surface area (Å²) in [5, 5.41) is 9.95. The highest BCUT2D eigenvalue weighted by Crippen LogP contribution is 2.22. The first-order chi connectivity index (χ1) is 6.06. The Hall–Kier alpha value is -1.30. The zero-order valence-corrected chi connectivity index (χ0v) is 8.04. The Bertz CT molecular complexity index is 344. The van der Waals surface area contributed by atoms with Gasteiger partial charge in [0.15, 0.2) is 0 Å². The molecule has 0 aliphatic carbocycles. The Morgan fingerprint density at radius 1 is 1.54 bits per heavy atom. The van der Waals surface area contributed by atoms with Crippen LogP contribution in [0.25, 0.3) is 0 Å². The van der Waals surface area contributed by atoms with Crippen molar-refractivity contribution in [3.05, 3.63) is 53.8 Å². The highest BCUT2D eigenvalue weighted by molar-refractivity contribution is 5.29. The van der Waals surface area contributed by atoms with E-state index in [4.69, 9.17) is 0 Å². The number of hydrogen-bond acceptors (Lipinski definition) is 1. The summed E-state index contributed by atoms with van der Waals surface area (Å²) >= 11 is 0. The highest BCUT2D eigenvalue weighted by Gasteiger charge is 2.18. The molecule has 0 aromatic heterocycles. The van der Waals surface area contributed by atoms with Crippen molar-refractivity contribution in [2.24, 2.45) is 0 Å². The van der Waals surface area contributed by atoms with Gasteiger partial charge in [-0.3, -0.25) is 0 Å². The first-order valence-electron chi connectivity index (χ1n) is 4.23. The molecule has 1 unspecified atom stereocenters. The molecule has 1 aromatic rings. The van der Waals surface area contributed by atoms with Crippen LogP contribution in [0, 0.1) is 6.92 Å². The first-order valence-corrected chi connectivity index (χ1v) is 4.23. The minimum atomic E-state index is -0.965. The van der Waals surface area contributed by atoms with Gasteiger partial charge in [-0.25, -0.2) is 0 Å². The normalized spacial score (nSPS) is 14.4. The van der Waals surface area contributed by atoms with E-state index in [1.807, 2.05) is 31.2 Å². The van der Waals surface area contributed by atoms with Crippen molar-refractivity contribution < 1.29 is 5.11 Å². The summed E-state index contributed by atoms with van der Waals surface area (Å²) in [6.07, 6.45) is 1.56. The molecule has 1 nitrogen and oxygen atoms in total. The lowest BCUT2D eigenvalue weighted by molar-refractivity contribution is 0.111. The smallest absolute Gasteiger partial charge is 0.112 e. The van der Waals surface area contributed by atoms with Crippen molar-refractivity contribution in [3.8, 4) is 0 Å². The molecule has 0 heterocycles. The van der Waals surface area contributed by atoms with Gasteiger partial charge in [-0.1, -0.05) is 36.4 Å². The van der Waals surface area contributed by atoms with Crippen LogP contribution in [0.1, 0.15) is 18.1 Å². The fraction of sp³-hybridized carbons (Fsp3) is 0.250. The molecule has 0 spiro atoms. The fourth-order valence-corrected chi connectivity index (χ4v) is 1.24. The zero-order chi connectivity index (χ0) is 9.90. The maximum Gasteiger partial charge on any atom is 0.112 e. The molecule has 0 amide bonds. The van der Waals surface area contributed by atoms with Crippen molar-refractivity contribution in [1.82, 2.24) is 0 Å². The highest BCUT2D eigenvalue weighted by atomic mass is 16.3. The quantitative estimate of drug-likeness (QED) is 0.683. The second-order valence-corrected chi connectivity index (χ2v) is 3.37. The van der Waals surface area contributed by atoms with Gasteiger partial charge in [0.25, 0.3) is 0 Å². The maximum atomic E-state index is 9.95. The molecule has 0 aliphatic heterocycles. The predicted octanol–water partition coefficient (Wildman–Crippen LogP) is 2.54. The summed E-state index contributed by atoms with van der Waals surface area (Å²) in [6, 6.07) is 7.77. The van der Waals surface area contributed by atoms with Crippen molar-refractivity contribution in [2.45, 2.75) is 19.4 Å². The molecule has 0 bridgehead atoms. The Morgan fingerprint density at radius 3 is 2.77 bits per heavy atom.